The first-order chi connectivity index (χ1) is 25.2. The molecule has 0 aliphatic heterocycles. The fraction of sp³-hybridized carbons (Fsp3) is 0. The Balaban J connectivity index is 1.09. The third kappa shape index (κ3) is 5.13. The number of benzene rings is 8. The van der Waals surface area contributed by atoms with Gasteiger partial charge in [-0.1, -0.05) is 146 Å². The van der Waals surface area contributed by atoms with Gasteiger partial charge in [0.05, 0.1) is 0 Å². The van der Waals surface area contributed by atoms with Gasteiger partial charge in [-0.2, -0.15) is 0 Å². The molecule has 0 aliphatic rings. The lowest BCUT2D eigenvalue weighted by atomic mass is 9.94. The molecule has 0 aliphatic carbocycles. The predicted molar refractivity (Wildman–Crippen MR) is 209 cm³/mol. The number of para-hydroxylation sites is 1. The molecule has 2 aromatic heterocycles. The monoisotopic (exact) mass is 651 g/mol. The third-order valence-corrected chi connectivity index (χ3v) is 9.75. The highest BCUT2D eigenvalue weighted by Crippen LogP contribution is 2.38. The Bertz CT molecular complexity index is 2910. The fourth-order valence-electron chi connectivity index (χ4n) is 7.16. The lowest BCUT2D eigenvalue weighted by Crippen LogP contribution is -2.00. The second kappa shape index (κ2) is 11.9. The molecule has 0 saturated heterocycles. The van der Waals surface area contributed by atoms with Crippen molar-refractivity contribution >= 4 is 43.5 Å². The van der Waals surface area contributed by atoms with E-state index in [2.05, 4.69) is 133 Å². The van der Waals surface area contributed by atoms with Crippen molar-refractivity contribution in [2.45, 2.75) is 0 Å². The van der Waals surface area contributed by atoms with Crippen LogP contribution in [0.15, 0.2) is 180 Å². The summed E-state index contributed by atoms with van der Waals surface area (Å²) >= 11 is 0. The van der Waals surface area contributed by atoms with Gasteiger partial charge in [0.25, 0.3) is 0 Å². The first kappa shape index (κ1) is 29.0. The topological polar surface area (TPSA) is 51.8 Å². The maximum absolute atomic E-state index is 6.25. The lowest BCUT2D eigenvalue weighted by molar-refractivity contribution is 0.669. The highest BCUT2D eigenvalue weighted by Gasteiger charge is 2.17. The summed E-state index contributed by atoms with van der Waals surface area (Å²) in [6.07, 6.45) is 0. The van der Waals surface area contributed by atoms with E-state index in [4.69, 9.17) is 19.4 Å². The highest BCUT2D eigenvalue weighted by atomic mass is 16.3. The molecule has 0 bridgehead atoms. The van der Waals surface area contributed by atoms with E-state index in [9.17, 15) is 0 Å². The molecule has 8 aromatic carbocycles. The van der Waals surface area contributed by atoms with Crippen LogP contribution in [0, 0.1) is 0 Å². The Morgan fingerprint density at radius 3 is 1.65 bits per heavy atom. The summed E-state index contributed by atoms with van der Waals surface area (Å²) in [6.45, 7) is 0. The molecule has 0 spiro atoms. The smallest absolute Gasteiger partial charge is 0.164 e. The van der Waals surface area contributed by atoms with E-state index in [1.165, 1.54) is 16.3 Å². The minimum absolute atomic E-state index is 0.632. The van der Waals surface area contributed by atoms with Crippen LogP contribution in [0.25, 0.3) is 99.9 Å². The van der Waals surface area contributed by atoms with Crippen LogP contribution < -0.4 is 0 Å². The molecule has 0 radical (unpaired) electrons. The van der Waals surface area contributed by atoms with E-state index in [0.29, 0.717) is 17.5 Å². The summed E-state index contributed by atoms with van der Waals surface area (Å²) in [5, 5.41) is 6.89. The number of hydrogen-bond acceptors (Lipinski definition) is 4. The number of aromatic nitrogens is 3. The summed E-state index contributed by atoms with van der Waals surface area (Å²) in [5.41, 5.74) is 9.13. The van der Waals surface area contributed by atoms with Crippen LogP contribution in [0.1, 0.15) is 0 Å². The molecule has 0 saturated carbocycles. The lowest BCUT2D eigenvalue weighted by Gasteiger charge is -2.13. The van der Waals surface area contributed by atoms with E-state index >= 15 is 0 Å². The predicted octanol–water partition coefficient (Wildman–Crippen LogP) is 12.4. The van der Waals surface area contributed by atoms with Crippen molar-refractivity contribution in [3.8, 4) is 56.4 Å². The molecule has 0 atom stereocenters. The Hall–Kier alpha value is -6.91. The van der Waals surface area contributed by atoms with Gasteiger partial charge >= 0.3 is 0 Å². The molecular formula is C47H29N3O. The zero-order valence-electron chi connectivity index (χ0n) is 27.5. The third-order valence-electron chi connectivity index (χ3n) is 9.75. The molecule has 0 unspecified atom stereocenters. The summed E-state index contributed by atoms with van der Waals surface area (Å²) < 4.78 is 6.25. The van der Waals surface area contributed by atoms with Gasteiger partial charge in [-0.3, -0.25) is 0 Å². The summed E-state index contributed by atoms with van der Waals surface area (Å²) in [5.74, 6) is 1.90. The SMILES string of the molecule is c1ccc(-c2nc(-c3ccc(-c4ccc5ccccc5c4)cc3)nc(-c3ccc(-c4ccc5c(c4)oc4ccccc45)c4ccccc34)n2)cc1. The number of furan rings is 1. The van der Waals surface area contributed by atoms with E-state index < -0.39 is 0 Å². The van der Waals surface area contributed by atoms with Crippen molar-refractivity contribution in [2.75, 3.05) is 0 Å². The standard InChI is InChI=1S/C47H29N3O/c1-2-11-32(12-3-1)45-48-46(33-21-18-31(19-22-33)35-23-20-30-10-4-5-13-34(30)28-35)50-47(49-45)42-27-26-37(38-14-6-7-15-39(38)42)36-24-25-41-40-16-8-9-17-43(40)51-44(41)29-36/h1-29H. The molecular weight excluding hydrogens is 623 g/mol. The zero-order valence-corrected chi connectivity index (χ0v) is 27.5. The minimum atomic E-state index is 0.632. The quantitative estimate of drug-likeness (QED) is 0.186. The van der Waals surface area contributed by atoms with E-state index in [1.807, 2.05) is 42.5 Å². The van der Waals surface area contributed by atoms with Crippen molar-refractivity contribution in [1.29, 1.82) is 0 Å². The Kier molecular flexibility index (Phi) is 6.78. The Morgan fingerprint density at radius 1 is 0.294 bits per heavy atom. The van der Waals surface area contributed by atoms with Gasteiger partial charge in [0.2, 0.25) is 0 Å². The van der Waals surface area contributed by atoms with Crippen LogP contribution in [-0.2, 0) is 0 Å². The number of hydrogen-bond donors (Lipinski definition) is 0. The molecule has 51 heavy (non-hydrogen) atoms. The summed E-state index contributed by atoms with van der Waals surface area (Å²) in [7, 11) is 0. The first-order valence-corrected chi connectivity index (χ1v) is 17.1. The first-order valence-electron chi connectivity index (χ1n) is 17.1. The second-order valence-electron chi connectivity index (χ2n) is 12.8. The summed E-state index contributed by atoms with van der Waals surface area (Å²) in [6, 6.07) is 61.1. The van der Waals surface area contributed by atoms with Crippen molar-refractivity contribution in [3.63, 3.8) is 0 Å². The van der Waals surface area contributed by atoms with E-state index in [-0.39, 0.29) is 0 Å². The maximum Gasteiger partial charge on any atom is 0.164 e. The zero-order chi connectivity index (χ0) is 33.7. The van der Waals surface area contributed by atoms with E-state index in [0.717, 1.165) is 66.1 Å². The van der Waals surface area contributed by atoms with Gasteiger partial charge in [-0.25, -0.2) is 15.0 Å². The molecule has 4 nitrogen and oxygen atoms in total. The molecule has 4 heteroatoms. The Labute approximate surface area is 294 Å². The van der Waals surface area contributed by atoms with Gasteiger partial charge < -0.3 is 4.42 Å². The van der Waals surface area contributed by atoms with Crippen molar-refractivity contribution < 1.29 is 4.42 Å². The fourth-order valence-corrected chi connectivity index (χ4v) is 7.16. The second-order valence-corrected chi connectivity index (χ2v) is 12.8. The minimum Gasteiger partial charge on any atom is -0.456 e. The molecule has 0 fully saturated rings. The summed E-state index contributed by atoms with van der Waals surface area (Å²) in [4.78, 5) is 15.2. The van der Waals surface area contributed by atoms with Crippen LogP contribution in [-0.4, -0.2) is 15.0 Å². The largest absolute Gasteiger partial charge is 0.456 e. The van der Waals surface area contributed by atoms with Crippen LogP contribution in [0.3, 0.4) is 0 Å². The molecule has 238 valence electrons. The average molecular weight is 652 g/mol. The van der Waals surface area contributed by atoms with Crippen LogP contribution >= 0.6 is 0 Å². The van der Waals surface area contributed by atoms with Crippen molar-refractivity contribution in [2.24, 2.45) is 0 Å². The number of rotatable bonds is 5. The normalized spacial score (nSPS) is 11.5. The van der Waals surface area contributed by atoms with Gasteiger partial charge in [-0.15, -0.1) is 0 Å². The van der Waals surface area contributed by atoms with Gasteiger partial charge in [0.15, 0.2) is 17.5 Å². The molecule has 10 rings (SSSR count). The van der Waals surface area contributed by atoms with Gasteiger partial charge in [0, 0.05) is 27.5 Å². The van der Waals surface area contributed by atoms with Gasteiger partial charge in [0.1, 0.15) is 11.2 Å². The molecule has 0 N–H and O–H groups in total. The number of fused-ring (bicyclic) bond motifs is 5. The van der Waals surface area contributed by atoms with E-state index in [1.54, 1.807) is 0 Å². The maximum atomic E-state index is 6.25. The van der Waals surface area contributed by atoms with Crippen LogP contribution in [0.5, 0.6) is 0 Å². The van der Waals surface area contributed by atoms with Crippen molar-refractivity contribution in [1.82, 2.24) is 15.0 Å². The van der Waals surface area contributed by atoms with Crippen LogP contribution in [0.4, 0.5) is 0 Å². The molecule has 0 amide bonds. The van der Waals surface area contributed by atoms with Gasteiger partial charge in [-0.05, 0) is 74.1 Å². The molecule has 2 heterocycles. The van der Waals surface area contributed by atoms with Crippen molar-refractivity contribution in [3.05, 3.63) is 176 Å². The highest BCUT2D eigenvalue weighted by molar-refractivity contribution is 6.08. The average Bonchev–Trinajstić information content (AvgIpc) is 3.58. The number of nitrogens with zero attached hydrogens (tertiary/aromatic N) is 3. The van der Waals surface area contributed by atoms with Crippen LogP contribution in [0.2, 0.25) is 0 Å². The molecule has 10 aromatic rings. The Morgan fingerprint density at radius 2 is 0.843 bits per heavy atom.